The number of alkyl halides is 2. The van der Waals surface area contributed by atoms with Crippen LogP contribution in [0.15, 0.2) is 30.3 Å². The molecule has 1 aromatic carbocycles. The molecule has 0 heterocycles. The zero-order valence-corrected chi connectivity index (χ0v) is 9.84. The summed E-state index contributed by atoms with van der Waals surface area (Å²) >= 11 is 0. The monoisotopic (exact) mass is 227 g/mol. The number of hydrogen-bond donors (Lipinski definition) is 1. The average molecular weight is 227 g/mol. The molecule has 0 aliphatic carbocycles. The minimum atomic E-state index is -2.79. The summed E-state index contributed by atoms with van der Waals surface area (Å²) in [6.07, 6.45) is 1.93. The van der Waals surface area contributed by atoms with E-state index in [4.69, 9.17) is 0 Å². The van der Waals surface area contributed by atoms with Gasteiger partial charge in [-0.15, -0.1) is 0 Å². The fourth-order valence-electron chi connectivity index (χ4n) is 1.62. The Balaban J connectivity index is 2.52. The predicted molar refractivity (Wildman–Crippen MR) is 62.7 cm³/mol. The highest BCUT2D eigenvalue weighted by atomic mass is 19.3. The van der Waals surface area contributed by atoms with Gasteiger partial charge in [0.15, 0.2) is 0 Å². The van der Waals surface area contributed by atoms with Crippen molar-refractivity contribution in [2.45, 2.75) is 38.7 Å². The minimum absolute atomic E-state index is 0.0752. The normalized spacial score (nSPS) is 13.8. The fraction of sp³-hybridized carbons (Fsp3) is 0.538. The number of nitrogens with one attached hydrogen (secondary N) is 1. The van der Waals surface area contributed by atoms with E-state index in [1.54, 1.807) is 18.2 Å². The second-order valence-corrected chi connectivity index (χ2v) is 4.14. The minimum Gasteiger partial charge on any atom is -0.308 e. The Kier molecular flexibility index (Phi) is 4.87. The van der Waals surface area contributed by atoms with Gasteiger partial charge in [0, 0.05) is 11.6 Å². The van der Waals surface area contributed by atoms with Gasteiger partial charge in [-0.2, -0.15) is 8.78 Å². The Hall–Kier alpha value is -0.960. The van der Waals surface area contributed by atoms with Gasteiger partial charge < -0.3 is 5.32 Å². The van der Waals surface area contributed by atoms with Crippen molar-refractivity contribution in [3.8, 4) is 0 Å². The molecular formula is C13H19F2N. The molecule has 0 radical (unpaired) electrons. The fourth-order valence-corrected chi connectivity index (χ4v) is 1.62. The van der Waals surface area contributed by atoms with Gasteiger partial charge in [-0.3, -0.25) is 0 Å². The first-order valence-electron chi connectivity index (χ1n) is 5.73. The molecule has 1 rings (SSSR count). The molecule has 16 heavy (non-hydrogen) atoms. The first-order valence-corrected chi connectivity index (χ1v) is 5.73. The standard InChI is InChI=1S/C13H19F2N/c1-3-7-11(2)16-10-13(14,15)12-8-5-4-6-9-12/h4-6,8-9,11,16H,3,7,10H2,1-2H3. The van der Waals surface area contributed by atoms with Crippen LogP contribution in [-0.4, -0.2) is 12.6 Å². The molecule has 1 aromatic rings. The summed E-state index contributed by atoms with van der Waals surface area (Å²) in [5, 5.41) is 2.87. The van der Waals surface area contributed by atoms with Crippen molar-refractivity contribution in [3.63, 3.8) is 0 Å². The average Bonchev–Trinajstić information content (AvgIpc) is 2.28. The lowest BCUT2D eigenvalue weighted by Gasteiger charge is -2.20. The van der Waals surface area contributed by atoms with E-state index in [0.717, 1.165) is 12.8 Å². The van der Waals surface area contributed by atoms with E-state index < -0.39 is 5.92 Å². The van der Waals surface area contributed by atoms with Gasteiger partial charge in [-0.05, 0) is 13.3 Å². The Morgan fingerprint density at radius 1 is 1.25 bits per heavy atom. The van der Waals surface area contributed by atoms with Crippen LogP contribution >= 0.6 is 0 Å². The van der Waals surface area contributed by atoms with Gasteiger partial charge in [-0.1, -0.05) is 43.7 Å². The quantitative estimate of drug-likeness (QED) is 0.783. The molecule has 0 fully saturated rings. The molecule has 1 nitrogen and oxygen atoms in total. The molecule has 0 saturated carbocycles. The van der Waals surface area contributed by atoms with Crippen LogP contribution in [0.1, 0.15) is 32.3 Å². The van der Waals surface area contributed by atoms with Crippen LogP contribution in [0.3, 0.4) is 0 Å². The van der Waals surface area contributed by atoms with E-state index >= 15 is 0 Å². The molecule has 0 bridgehead atoms. The highest BCUT2D eigenvalue weighted by Gasteiger charge is 2.31. The van der Waals surface area contributed by atoms with Crippen molar-refractivity contribution in [3.05, 3.63) is 35.9 Å². The summed E-state index contributed by atoms with van der Waals surface area (Å²) in [5.74, 6) is -2.79. The van der Waals surface area contributed by atoms with Crippen LogP contribution in [-0.2, 0) is 5.92 Å². The molecular weight excluding hydrogens is 208 g/mol. The Labute approximate surface area is 95.9 Å². The summed E-state index contributed by atoms with van der Waals surface area (Å²) in [5.41, 5.74) is 0.0752. The van der Waals surface area contributed by atoms with Crippen molar-refractivity contribution in [1.29, 1.82) is 0 Å². The first kappa shape index (κ1) is 13.1. The molecule has 0 aliphatic heterocycles. The molecule has 1 unspecified atom stereocenters. The van der Waals surface area contributed by atoms with Gasteiger partial charge in [0.05, 0.1) is 6.54 Å². The van der Waals surface area contributed by atoms with Crippen molar-refractivity contribution < 1.29 is 8.78 Å². The molecule has 0 saturated heterocycles. The zero-order chi connectivity index (χ0) is 12.0. The second kappa shape index (κ2) is 5.94. The Morgan fingerprint density at radius 2 is 1.88 bits per heavy atom. The van der Waals surface area contributed by atoms with Crippen molar-refractivity contribution >= 4 is 0 Å². The molecule has 90 valence electrons. The molecule has 0 aromatic heterocycles. The molecule has 1 atom stereocenters. The maximum atomic E-state index is 13.7. The highest BCUT2D eigenvalue weighted by Crippen LogP contribution is 2.26. The summed E-state index contributed by atoms with van der Waals surface area (Å²) < 4.78 is 27.4. The third-order valence-electron chi connectivity index (χ3n) is 2.59. The lowest BCUT2D eigenvalue weighted by atomic mass is 10.1. The summed E-state index contributed by atoms with van der Waals surface area (Å²) in [7, 11) is 0. The predicted octanol–water partition coefficient (Wildman–Crippen LogP) is 3.56. The Bertz CT molecular complexity index is 298. The summed E-state index contributed by atoms with van der Waals surface area (Å²) in [6.45, 7) is 3.69. The van der Waals surface area contributed by atoms with Gasteiger partial charge in [-0.25, -0.2) is 0 Å². The summed E-state index contributed by atoms with van der Waals surface area (Å²) in [6, 6.07) is 8.09. The Morgan fingerprint density at radius 3 is 2.44 bits per heavy atom. The third-order valence-corrected chi connectivity index (χ3v) is 2.59. The number of halogens is 2. The van der Waals surface area contributed by atoms with E-state index in [1.165, 1.54) is 12.1 Å². The van der Waals surface area contributed by atoms with Crippen molar-refractivity contribution in [2.24, 2.45) is 0 Å². The van der Waals surface area contributed by atoms with E-state index in [-0.39, 0.29) is 18.2 Å². The first-order chi connectivity index (χ1) is 7.56. The van der Waals surface area contributed by atoms with Crippen molar-refractivity contribution in [2.75, 3.05) is 6.54 Å². The van der Waals surface area contributed by atoms with E-state index in [2.05, 4.69) is 5.32 Å². The lowest BCUT2D eigenvalue weighted by molar-refractivity contribution is -0.00550. The topological polar surface area (TPSA) is 12.0 Å². The van der Waals surface area contributed by atoms with Crippen LogP contribution in [0, 0.1) is 0 Å². The smallest absolute Gasteiger partial charge is 0.285 e. The van der Waals surface area contributed by atoms with Gasteiger partial charge in [0.1, 0.15) is 0 Å². The van der Waals surface area contributed by atoms with Gasteiger partial charge in [0.25, 0.3) is 5.92 Å². The zero-order valence-electron chi connectivity index (χ0n) is 9.84. The van der Waals surface area contributed by atoms with E-state index in [0.29, 0.717) is 0 Å². The van der Waals surface area contributed by atoms with Crippen LogP contribution in [0.4, 0.5) is 8.78 Å². The third kappa shape index (κ3) is 3.89. The van der Waals surface area contributed by atoms with Crippen LogP contribution in [0.25, 0.3) is 0 Å². The maximum Gasteiger partial charge on any atom is 0.285 e. The van der Waals surface area contributed by atoms with Gasteiger partial charge >= 0.3 is 0 Å². The number of rotatable bonds is 6. The lowest BCUT2D eigenvalue weighted by Crippen LogP contribution is -2.36. The van der Waals surface area contributed by atoms with Crippen LogP contribution < -0.4 is 5.32 Å². The van der Waals surface area contributed by atoms with E-state index in [1.807, 2.05) is 13.8 Å². The largest absolute Gasteiger partial charge is 0.308 e. The molecule has 0 spiro atoms. The van der Waals surface area contributed by atoms with Crippen LogP contribution in [0.5, 0.6) is 0 Å². The van der Waals surface area contributed by atoms with Gasteiger partial charge in [0.2, 0.25) is 0 Å². The number of hydrogen-bond acceptors (Lipinski definition) is 1. The maximum absolute atomic E-state index is 13.7. The number of benzene rings is 1. The van der Waals surface area contributed by atoms with E-state index in [9.17, 15) is 8.78 Å². The SMILES string of the molecule is CCCC(C)NCC(F)(F)c1ccccc1. The molecule has 0 amide bonds. The molecule has 3 heteroatoms. The second-order valence-electron chi connectivity index (χ2n) is 4.14. The highest BCUT2D eigenvalue weighted by molar-refractivity contribution is 5.20. The van der Waals surface area contributed by atoms with Crippen molar-refractivity contribution in [1.82, 2.24) is 5.32 Å². The van der Waals surface area contributed by atoms with Crippen LogP contribution in [0.2, 0.25) is 0 Å². The summed E-state index contributed by atoms with van der Waals surface area (Å²) in [4.78, 5) is 0. The molecule has 1 N–H and O–H groups in total. The molecule has 0 aliphatic rings.